The molecule has 0 aliphatic carbocycles. The maximum atomic E-state index is 12.2. The van der Waals surface area contributed by atoms with Crippen LogP contribution in [0.2, 0.25) is 0 Å². The minimum Gasteiger partial charge on any atom is -0.494 e. The molecule has 32 heavy (non-hydrogen) atoms. The average Bonchev–Trinajstić information content (AvgIpc) is 2.84. The summed E-state index contributed by atoms with van der Waals surface area (Å²) in [6, 6.07) is 16.1. The number of hydrogen-bond donors (Lipinski definition) is 1. The summed E-state index contributed by atoms with van der Waals surface area (Å²) in [4.78, 5) is 14.7. The number of hydrogen-bond acceptors (Lipinski definition) is 5. The summed E-state index contributed by atoms with van der Waals surface area (Å²) in [5, 5.41) is 12.7. The maximum Gasteiger partial charge on any atom is 0.141 e. The molecule has 1 heterocycles. The SMILES string of the molecule is CCCC(NC(C=O)c1ccc(CC#N)c(OCC)c1)c1ccccc1N1CCCCC1. The third-order valence-electron chi connectivity index (χ3n) is 6.12. The van der Waals surface area contributed by atoms with Gasteiger partial charge in [-0.3, -0.25) is 5.32 Å². The standard InChI is InChI=1S/C27H35N3O2/c1-3-10-24(23-11-6-7-12-26(23)30-17-8-5-9-18-30)29-25(20-31)22-14-13-21(15-16-28)27(19-22)32-4-2/h6-7,11-14,19-20,24-25,29H,3-5,8-10,15,17-18H2,1-2H3. The third-order valence-corrected chi connectivity index (χ3v) is 6.12. The van der Waals surface area contributed by atoms with Crippen LogP contribution in [0, 0.1) is 11.3 Å². The fourth-order valence-corrected chi connectivity index (χ4v) is 4.54. The van der Waals surface area contributed by atoms with Crippen molar-refractivity contribution in [2.75, 3.05) is 24.6 Å². The molecule has 170 valence electrons. The molecule has 3 rings (SSSR count). The van der Waals surface area contributed by atoms with Crippen LogP contribution in [-0.2, 0) is 11.2 Å². The van der Waals surface area contributed by atoms with E-state index in [0.717, 1.165) is 43.3 Å². The molecule has 0 spiro atoms. The van der Waals surface area contributed by atoms with E-state index < -0.39 is 6.04 Å². The molecule has 5 nitrogen and oxygen atoms in total. The van der Waals surface area contributed by atoms with E-state index in [1.807, 2.05) is 25.1 Å². The van der Waals surface area contributed by atoms with Crippen molar-refractivity contribution >= 4 is 12.0 Å². The summed E-state index contributed by atoms with van der Waals surface area (Å²) in [6.07, 6.45) is 6.98. The van der Waals surface area contributed by atoms with Crippen LogP contribution in [0.25, 0.3) is 0 Å². The van der Waals surface area contributed by atoms with E-state index in [0.29, 0.717) is 12.4 Å². The lowest BCUT2D eigenvalue weighted by molar-refractivity contribution is -0.109. The third kappa shape index (κ3) is 5.89. The second kappa shape index (κ2) is 12.3. The zero-order valence-corrected chi connectivity index (χ0v) is 19.3. The Kier molecular flexibility index (Phi) is 9.13. The largest absolute Gasteiger partial charge is 0.494 e. The first-order chi connectivity index (χ1) is 15.7. The molecule has 1 saturated heterocycles. The van der Waals surface area contributed by atoms with E-state index in [2.05, 4.69) is 47.5 Å². The van der Waals surface area contributed by atoms with E-state index in [-0.39, 0.29) is 12.5 Å². The Bertz CT molecular complexity index is 915. The van der Waals surface area contributed by atoms with Gasteiger partial charge in [0, 0.05) is 30.4 Å². The molecule has 0 radical (unpaired) electrons. The first-order valence-electron chi connectivity index (χ1n) is 11.9. The highest BCUT2D eigenvalue weighted by atomic mass is 16.5. The zero-order valence-electron chi connectivity index (χ0n) is 19.3. The second-order valence-electron chi connectivity index (χ2n) is 8.36. The number of benzene rings is 2. The second-order valence-corrected chi connectivity index (χ2v) is 8.36. The molecule has 2 atom stereocenters. The number of aldehydes is 1. The van der Waals surface area contributed by atoms with Gasteiger partial charge in [-0.2, -0.15) is 5.26 Å². The van der Waals surface area contributed by atoms with E-state index in [4.69, 9.17) is 10.00 Å². The fourth-order valence-electron chi connectivity index (χ4n) is 4.54. The molecule has 2 aromatic carbocycles. The van der Waals surface area contributed by atoms with Crippen LogP contribution in [0.15, 0.2) is 42.5 Å². The summed E-state index contributed by atoms with van der Waals surface area (Å²) in [5.74, 6) is 0.681. The monoisotopic (exact) mass is 433 g/mol. The maximum absolute atomic E-state index is 12.2. The van der Waals surface area contributed by atoms with Crippen molar-refractivity contribution in [3.8, 4) is 11.8 Å². The van der Waals surface area contributed by atoms with E-state index in [9.17, 15) is 4.79 Å². The molecule has 1 aliphatic heterocycles. The minimum absolute atomic E-state index is 0.0719. The van der Waals surface area contributed by atoms with Crippen LogP contribution < -0.4 is 15.0 Å². The molecule has 0 bridgehead atoms. The van der Waals surface area contributed by atoms with Gasteiger partial charge in [0.15, 0.2) is 0 Å². The van der Waals surface area contributed by atoms with Gasteiger partial charge in [0.25, 0.3) is 0 Å². The number of ether oxygens (including phenoxy) is 1. The Labute approximate surface area is 192 Å². The molecule has 0 saturated carbocycles. The highest BCUT2D eigenvalue weighted by molar-refractivity contribution is 5.63. The van der Waals surface area contributed by atoms with Gasteiger partial charge >= 0.3 is 0 Å². The number of piperidine rings is 1. The number of anilines is 1. The smallest absolute Gasteiger partial charge is 0.141 e. The first-order valence-corrected chi connectivity index (χ1v) is 11.9. The summed E-state index contributed by atoms with van der Waals surface area (Å²) in [6.45, 7) is 6.80. The van der Waals surface area contributed by atoms with Crippen molar-refractivity contribution in [1.82, 2.24) is 5.32 Å². The van der Waals surface area contributed by atoms with Crippen molar-refractivity contribution in [3.63, 3.8) is 0 Å². The molecule has 1 aliphatic rings. The van der Waals surface area contributed by atoms with E-state index in [1.165, 1.54) is 30.5 Å². The van der Waals surface area contributed by atoms with Crippen LogP contribution in [0.1, 0.15) is 74.7 Å². The van der Waals surface area contributed by atoms with Crippen LogP contribution in [0.3, 0.4) is 0 Å². The molecular formula is C27H35N3O2. The molecule has 1 N–H and O–H groups in total. The van der Waals surface area contributed by atoms with Crippen molar-refractivity contribution in [2.45, 2.75) is 64.5 Å². The highest BCUT2D eigenvalue weighted by Crippen LogP contribution is 2.33. The molecule has 0 aromatic heterocycles. The predicted octanol–water partition coefficient (Wildman–Crippen LogP) is 5.51. The Morgan fingerprint density at radius 3 is 2.62 bits per heavy atom. The number of carbonyl (C=O) groups is 1. The summed E-state index contributed by atoms with van der Waals surface area (Å²) in [5.41, 5.74) is 4.25. The van der Waals surface area contributed by atoms with Gasteiger partial charge in [0.05, 0.1) is 25.1 Å². The van der Waals surface area contributed by atoms with Crippen molar-refractivity contribution < 1.29 is 9.53 Å². The highest BCUT2D eigenvalue weighted by Gasteiger charge is 2.23. The Hall–Kier alpha value is -2.84. The van der Waals surface area contributed by atoms with Crippen molar-refractivity contribution in [1.29, 1.82) is 5.26 Å². The van der Waals surface area contributed by atoms with Crippen LogP contribution in [0.5, 0.6) is 5.75 Å². The number of nitrogens with one attached hydrogen (secondary N) is 1. The predicted molar refractivity (Wildman–Crippen MR) is 129 cm³/mol. The molecule has 0 amide bonds. The average molecular weight is 434 g/mol. The van der Waals surface area contributed by atoms with Crippen molar-refractivity contribution in [2.24, 2.45) is 0 Å². The summed E-state index contributed by atoms with van der Waals surface area (Å²) >= 11 is 0. The molecule has 2 aromatic rings. The van der Waals surface area contributed by atoms with Gasteiger partial charge < -0.3 is 14.4 Å². The van der Waals surface area contributed by atoms with Gasteiger partial charge in [-0.1, -0.05) is 43.7 Å². The molecule has 5 heteroatoms. The number of carbonyl (C=O) groups excluding carboxylic acids is 1. The number of para-hydroxylation sites is 1. The molecule has 2 unspecified atom stereocenters. The first kappa shape index (κ1) is 23.8. The quantitative estimate of drug-likeness (QED) is 0.473. The van der Waals surface area contributed by atoms with Crippen LogP contribution in [-0.4, -0.2) is 26.0 Å². The van der Waals surface area contributed by atoms with Gasteiger partial charge in [-0.25, -0.2) is 0 Å². The topological polar surface area (TPSA) is 65.4 Å². The van der Waals surface area contributed by atoms with E-state index in [1.54, 1.807) is 0 Å². The van der Waals surface area contributed by atoms with E-state index >= 15 is 0 Å². The lowest BCUT2D eigenvalue weighted by atomic mass is 9.96. The van der Waals surface area contributed by atoms with Crippen LogP contribution >= 0.6 is 0 Å². The Morgan fingerprint density at radius 1 is 1.16 bits per heavy atom. The van der Waals surface area contributed by atoms with Crippen LogP contribution in [0.4, 0.5) is 5.69 Å². The lowest BCUT2D eigenvalue weighted by Gasteiger charge is -2.33. The Balaban J connectivity index is 1.89. The Morgan fingerprint density at radius 2 is 1.94 bits per heavy atom. The lowest BCUT2D eigenvalue weighted by Crippen LogP contribution is -2.33. The van der Waals surface area contributed by atoms with Gasteiger partial charge in [0.2, 0.25) is 0 Å². The normalized spacial score (nSPS) is 15.6. The zero-order chi connectivity index (χ0) is 22.8. The molecular weight excluding hydrogens is 398 g/mol. The van der Waals surface area contributed by atoms with Gasteiger partial charge in [-0.15, -0.1) is 0 Å². The molecule has 1 fully saturated rings. The number of rotatable bonds is 11. The summed E-state index contributed by atoms with van der Waals surface area (Å²) in [7, 11) is 0. The van der Waals surface area contributed by atoms with Gasteiger partial charge in [-0.05, 0) is 55.9 Å². The number of nitriles is 1. The van der Waals surface area contributed by atoms with Crippen molar-refractivity contribution in [3.05, 3.63) is 59.2 Å². The number of nitrogens with zero attached hydrogens (tertiary/aromatic N) is 2. The summed E-state index contributed by atoms with van der Waals surface area (Å²) < 4.78 is 5.76. The van der Waals surface area contributed by atoms with Gasteiger partial charge in [0.1, 0.15) is 12.0 Å². The fraction of sp³-hybridized carbons (Fsp3) is 0.481. The minimum atomic E-state index is -0.448.